The molecule has 0 radical (unpaired) electrons. The maximum atomic E-state index is 12.5. The van der Waals surface area contributed by atoms with Gasteiger partial charge in [0.15, 0.2) is 0 Å². The van der Waals surface area contributed by atoms with Crippen LogP contribution in [0.3, 0.4) is 0 Å². The van der Waals surface area contributed by atoms with Gasteiger partial charge in [-0.05, 0) is 30.4 Å². The molecule has 120 valence electrons. The summed E-state index contributed by atoms with van der Waals surface area (Å²) in [6.07, 6.45) is 3.56. The molecule has 2 nitrogen and oxygen atoms in total. The van der Waals surface area contributed by atoms with E-state index in [4.69, 9.17) is 0 Å². The van der Waals surface area contributed by atoms with Crippen LogP contribution in [-0.4, -0.2) is 29.6 Å². The van der Waals surface area contributed by atoms with E-state index in [-0.39, 0.29) is 11.2 Å². The Morgan fingerprint density at radius 1 is 0.870 bits per heavy atom. The monoisotopic (exact) mass is 325 g/mol. The van der Waals surface area contributed by atoms with Crippen molar-refractivity contribution in [3.63, 3.8) is 0 Å². The minimum Gasteiger partial charge on any atom is -0.342 e. The fourth-order valence-electron chi connectivity index (χ4n) is 3.03. The average molecular weight is 325 g/mol. The summed E-state index contributed by atoms with van der Waals surface area (Å²) in [7, 11) is 0. The molecule has 1 fully saturated rings. The molecule has 1 amide bonds. The predicted octanol–water partition coefficient (Wildman–Crippen LogP) is 4.52. The molecule has 0 aromatic heterocycles. The number of thioether (sulfide) groups is 1. The van der Waals surface area contributed by atoms with Crippen molar-refractivity contribution in [2.24, 2.45) is 0 Å². The highest BCUT2D eigenvalue weighted by atomic mass is 32.2. The van der Waals surface area contributed by atoms with Gasteiger partial charge in [0.25, 0.3) is 0 Å². The van der Waals surface area contributed by atoms with Crippen molar-refractivity contribution in [3.05, 3.63) is 71.8 Å². The summed E-state index contributed by atoms with van der Waals surface area (Å²) >= 11 is 1.74. The summed E-state index contributed by atoms with van der Waals surface area (Å²) in [5.41, 5.74) is 2.52. The molecular weight excluding hydrogens is 302 g/mol. The largest absolute Gasteiger partial charge is 0.342 e. The maximum absolute atomic E-state index is 12.5. The van der Waals surface area contributed by atoms with Gasteiger partial charge in [0.1, 0.15) is 0 Å². The quantitative estimate of drug-likeness (QED) is 0.805. The molecule has 1 heterocycles. The molecule has 23 heavy (non-hydrogen) atoms. The number of carbonyl (C=O) groups is 1. The van der Waals surface area contributed by atoms with Crippen LogP contribution in [0.15, 0.2) is 60.7 Å². The molecule has 2 aromatic carbocycles. The predicted molar refractivity (Wildman–Crippen MR) is 97.6 cm³/mol. The van der Waals surface area contributed by atoms with Crippen LogP contribution in [0.4, 0.5) is 0 Å². The summed E-state index contributed by atoms with van der Waals surface area (Å²) in [6, 6.07) is 20.9. The van der Waals surface area contributed by atoms with Gasteiger partial charge < -0.3 is 4.90 Å². The second-order valence-electron chi connectivity index (χ2n) is 5.95. The lowest BCUT2D eigenvalue weighted by Crippen LogP contribution is -2.36. The van der Waals surface area contributed by atoms with Gasteiger partial charge in [-0.3, -0.25) is 4.79 Å². The molecule has 0 aliphatic carbocycles. The fourth-order valence-corrected chi connectivity index (χ4v) is 4.22. The summed E-state index contributed by atoms with van der Waals surface area (Å²) in [6.45, 7) is 1.86. The van der Waals surface area contributed by atoms with Crippen LogP contribution >= 0.6 is 11.8 Å². The number of nitrogens with zero attached hydrogens (tertiary/aromatic N) is 1. The van der Waals surface area contributed by atoms with Crippen LogP contribution in [0.5, 0.6) is 0 Å². The Kier molecular flexibility index (Phi) is 5.76. The SMILES string of the molecule is O=C(CSC(c1ccccc1)c1ccccc1)N1CCCCC1. The van der Waals surface area contributed by atoms with E-state index in [2.05, 4.69) is 48.5 Å². The Morgan fingerprint density at radius 3 is 1.91 bits per heavy atom. The third kappa shape index (κ3) is 4.38. The number of rotatable bonds is 5. The van der Waals surface area contributed by atoms with Crippen molar-refractivity contribution in [2.45, 2.75) is 24.5 Å². The first-order chi connectivity index (χ1) is 11.3. The Hall–Kier alpha value is -1.74. The number of benzene rings is 2. The Balaban J connectivity index is 1.70. The molecule has 0 saturated carbocycles. The van der Waals surface area contributed by atoms with E-state index in [9.17, 15) is 4.79 Å². The van der Waals surface area contributed by atoms with E-state index in [0.29, 0.717) is 5.75 Å². The van der Waals surface area contributed by atoms with Crippen LogP contribution in [0, 0.1) is 0 Å². The lowest BCUT2D eigenvalue weighted by Gasteiger charge is -2.27. The van der Waals surface area contributed by atoms with E-state index < -0.39 is 0 Å². The minimum atomic E-state index is 0.214. The first-order valence-electron chi connectivity index (χ1n) is 8.34. The molecule has 0 spiro atoms. The van der Waals surface area contributed by atoms with Crippen molar-refractivity contribution in [1.82, 2.24) is 4.90 Å². The van der Waals surface area contributed by atoms with Crippen LogP contribution < -0.4 is 0 Å². The van der Waals surface area contributed by atoms with Gasteiger partial charge in [0.05, 0.1) is 11.0 Å². The molecule has 3 rings (SSSR count). The zero-order chi connectivity index (χ0) is 15.9. The highest BCUT2D eigenvalue weighted by molar-refractivity contribution is 8.00. The highest BCUT2D eigenvalue weighted by Crippen LogP contribution is 2.35. The smallest absolute Gasteiger partial charge is 0.232 e. The summed E-state index contributed by atoms with van der Waals surface area (Å²) < 4.78 is 0. The van der Waals surface area contributed by atoms with E-state index >= 15 is 0 Å². The van der Waals surface area contributed by atoms with Crippen LogP contribution in [0.25, 0.3) is 0 Å². The van der Waals surface area contributed by atoms with Crippen molar-refractivity contribution in [3.8, 4) is 0 Å². The van der Waals surface area contributed by atoms with Crippen molar-refractivity contribution >= 4 is 17.7 Å². The highest BCUT2D eigenvalue weighted by Gasteiger charge is 2.20. The molecule has 0 atom stereocenters. The zero-order valence-corrected chi connectivity index (χ0v) is 14.2. The van der Waals surface area contributed by atoms with E-state index in [0.717, 1.165) is 25.9 Å². The van der Waals surface area contributed by atoms with Crippen molar-refractivity contribution in [2.75, 3.05) is 18.8 Å². The molecule has 2 aromatic rings. The number of hydrogen-bond donors (Lipinski definition) is 0. The average Bonchev–Trinajstić information content (AvgIpc) is 2.64. The molecule has 0 N–H and O–H groups in total. The standard InChI is InChI=1S/C20H23NOS/c22-19(21-14-8-3-9-15-21)16-23-20(17-10-4-1-5-11-17)18-12-6-2-7-13-18/h1-2,4-7,10-13,20H,3,8-9,14-16H2. The second-order valence-corrected chi connectivity index (χ2v) is 7.05. The molecule has 0 unspecified atom stereocenters. The van der Waals surface area contributed by atoms with E-state index in [1.54, 1.807) is 11.8 Å². The van der Waals surface area contributed by atoms with Gasteiger partial charge in [-0.15, -0.1) is 11.8 Å². The van der Waals surface area contributed by atoms with Gasteiger partial charge in [0.2, 0.25) is 5.91 Å². The zero-order valence-electron chi connectivity index (χ0n) is 13.4. The number of likely N-dealkylation sites (tertiary alicyclic amines) is 1. The first kappa shape index (κ1) is 16.1. The van der Waals surface area contributed by atoms with Crippen LogP contribution in [0.2, 0.25) is 0 Å². The van der Waals surface area contributed by atoms with Gasteiger partial charge in [-0.2, -0.15) is 0 Å². The molecule has 0 bridgehead atoms. The Morgan fingerprint density at radius 2 is 1.39 bits per heavy atom. The van der Waals surface area contributed by atoms with Crippen LogP contribution in [-0.2, 0) is 4.79 Å². The number of piperidine rings is 1. The van der Waals surface area contributed by atoms with Gasteiger partial charge >= 0.3 is 0 Å². The lowest BCUT2D eigenvalue weighted by molar-refractivity contribution is -0.129. The van der Waals surface area contributed by atoms with Gasteiger partial charge in [-0.25, -0.2) is 0 Å². The normalized spacial score (nSPS) is 14.9. The molecular formula is C20H23NOS. The Labute approximate surface area is 142 Å². The lowest BCUT2D eigenvalue weighted by atomic mass is 10.0. The molecule has 1 saturated heterocycles. The molecule has 1 aliphatic heterocycles. The summed E-state index contributed by atoms with van der Waals surface area (Å²) in [5, 5.41) is 0.214. The third-order valence-electron chi connectivity index (χ3n) is 4.29. The number of hydrogen-bond acceptors (Lipinski definition) is 2. The topological polar surface area (TPSA) is 20.3 Å². The van der Waals surface area contributed by atoms with Crippen molar-refractivity contribution < 1.29 is 4.79 Å². The first-order valence-corrected chi connectivity index (χ1v) is 9.39. The Bertz CT molecular complexity index is 569. The second kappa shape index (κ2) is 8.21. The van der Waals surface area contributed by atoms with Crippen molar-refractivity contribution in [1.29, 1.82) is 0 Å². The fraction of sp³-hybridized carbons (Fsp3) is 0.350. The van der Waals surface area contributed by atoms with Gasteiger partial charge in [0, 0.05) is 13.1 Å². The van der Waals surface area contributed by atoms with Crippen LogP contribution in [0.1, 0.15) is 35.6 Å². The van der Waals surface area contributed by atoms with Gasteiger partial charge in [-0.1, -0.05) is 60.7 Å². The number of carbonyl (C=O) groups excluding carboxylic acids is 1. The summed E-state index contributed by atoms with van der Waals surface area (Å²) in [4.78, 5) is 14.5. The minimum absolute atomic E-state index is 0.214. The number of amides is 1. The van der Waals surface area contributed by atoms with E-state index in [1.165, 1.54) is 17.5 Å². The van der Waals surface area contributed by atoms with E-state index in [1.807, 2.05) is 17.0 Å². The third-order valence-corrected chi connectivity index (χ3v) is 5.58. The molecule has 1 aliphatic rings. The maximum Gasteiger partial charge on any atom is 0.232 e. The molecule has 3 heteroatoms. The summed E-state index contributed by atoms with van der Waals surface area (Å²) in [5.74, 6) is 0.834.